The average Bonchev–Trinajstić information content (AvgIpc) is 3.30. The fourth-order valence-electron chi connectivity index (χ4n) is 4.42. The van der Waals surface area contributed by atoms with E-state index in [0.29, 0.717) is 29.4 Å². The predicted octanol–water partition coefficient (Wildman–Crippen LogP) is 4.39. The van der Waals surface area contributed by atoms with E-state index in [0.717, 1.165) is 42.0 Å². The Kier molecular flexibility index (Phi) is 7.53. The maximum absolute atomic E-state index is 13.3. The minimum absolute atomic E-state index is 0.135. The molecule has 2 heterocycles. The van der Waals surface area contributed by atoms with E-state index < -0.39 is 0 Å². The first-order chi connectivity index (χ1) is 16.5. The van der Waals surface area contributed by atoms with Crippen molar-refractivity contribution in [1.82, 2.24) is 20.0 Å². The molecule has 1 aliphatic rings. The summed E-state index contributed by atoms with van der Waals surface area (Å²) in [5.41, 5.74) is 5.01. The van der Waals surface area contributed by atoms with Crippen LogP contribution in [0.2, 0.25) is 0 Å². The molecule has 1 saturated heterocycles. The van der Waals surface area contributed by atoms with Crippen LogP contribution in [-0.4, -0.2) is 61.0 Å². The van der Waals surface area contributed by atoms with E-state index in [1.807, 2.05) is 38.1 Å². The Morgan fingerprint density at radius 2 is 1.79 bits per heavy atom. The van der Waals surface area contributed by atoms with Crippen molar-refractivity contribution in [3.63, 3.8) is 0 Å². The quantitative estimate of drug-likeness (QED) is 0.538. The van der Waals surface area contributed by atoms with Gasteiger partial charge in [-0.2, -0.15) is 5.10 Å². The lowest BCUT2D eigenvalue weighted by atomic mass is 10.1. The molecular weight excluding hydrogens is 428 g/mol. The normalized spacial score (nSPS) is 14.1. The minimum atomic E-state index is -0.135. The van der Waals surface area contributed by atoms with Gasteiger partial charge in [0.2, 0.25) is 0 Å². The van der Waals surface area contributed by atoms with Crippen LogP contribution < -0.4 is 14.8 Å². The summed E-state index contributed by atoms with van der Waals surface area (Å²) in [6, 6.07) is 13.6. The van der Waals surface area contributed by atoms with Gasteiger partial charge in [-0.25, -0.2) is 4.68 Å². The Labute approximate surface area is 201 Å². The van der Waals surface area contributed by atoms with Gasteiger partial charge in [0, 0.05) is 24.7 Å². The average molecular weight is 463 g/mol. The van der Waals surface area contributed by atoms with Crippen LogP contribution in [0, 0.1) is 13.8 Å². The number of aromatic nitrogens is 2. The lowest BCUT2D eigenvalue weighted by Gasteiger charge is -2.26. The van der Waals surface area contributed by atoms with Crippen molar-refractivity contribution in [2.75, 3.05) is 40.4 Å². The number of carbonyl (C=O) groups is 1. The summed E-state index contributed by atoms with van der Waals surface area (Å²) in [6.45, 7) is 7.76. The van der Waals surface area contributed by atoms with Gasteiger partial charge in [0.05, 0.1) is 25.6 Å². The number of hydrogen-bond acceptors (Lipinski definition) is 5. The van der Waals surface area contributed by atoms with Crippen molar-refractivity contribution in [3.05, 3.63) is 59.3 Å². The highest BCUT2D eigenvalue weighted by Gasteiger charge is 2.21. The number of likely N-dealkylation sites (tertiary alicyclic amines) is 1. The Morgan fingerprint density at radius 1 is 1.00 bits per heavy atom. The Hall–Kier alpha value is -3.32. The highest BCUT2D eigenvalue weighted by Crippen LogP contribution is 2.34. The van der Waals surface area contributed by atoms with E-state index in [1.165, 1.54) is 19.3 Å². The topological polar surface area (TPSA) is 68.6 Å². The minimum Gasteiger partial charge on any atom is -0.497 e. The molecule has 7 heteroatoms. The highest BCUT2D eigenvalue weighted by molar-refractivity contribution is 5.94. The third-order valence-corrected chi connectivity index (χ3v) is 6.38. The third-order valence-electron chi connectivity index (χ3n) is 6.38. The molecule has 2 aromatic carbocycles. The van der Waals surface area contributed by atoms with Crippen molar-refractivity contribution in [2.24, 2.45) is 0 Å². The zero-order valence-corrected chi connectivity index (χ0v) is 20.6. The zero-order valence-electron chi connectivity index (χ0n) is 20.6. The van der Waals surface area contributed by atoms with Gasteiger partial charge in [0.15, 0.2) is 0 Å². The summed E-state index contributed by atoms with van der Waals surface area (Å²) in [7, 11) is 3.24. The molecule has 0 atom stereocenters. The second kappa shape index (κ2) is 10.7. The molecule has 1 amide bonds. The number of aryl methyl sites for hydroxylation is 2. The van der Waals surface area contributed by atoms with Gasteiger partial charge in [0.25, 0.3) is 5.91 Å². The third kappa shape index (κ3) is 5.25. The first-order valence-electron chi connectivity index (χ1n) is 11.9. The van der Waals surface area contributed by atoms with E-state index in [9.17, 15) is 4.79 Å². The number of benzene rings is 2. The fourth-order valence-corrected chi connectivity index (χ4v) is 4.42. The maximum atomic E-state index is 13.3. The number of ether oxygens (including phenoxy) is 2. The molecule has 0 aliphatic carbocycles. The molecular formula is C27H34N4O3. The number of rotatable bonds is 8. The molecule has 0 bridgehead atoms. The molecule has 1 aromatic heterocycles. The Balaban J connectivity index is 1.67. The first-order valence-corrected chi connectivity index (χ1v) is 11.9. The number of amides is 1. The van der Waals surface area contributed by atoms with E-state index in [2.05, 4.69) is 28.4 Å². The summed E-state index contributed by atoms with van der Waals surface area (Å²) in [5.74, 6) is 1.21. The maximum Gasteiger partial charge on any atom is 0.270 e. The molecule has 180 valence electrons. The van der Waals surface area contributed by atoms with Crippen LogP contribution in [0.15, 0.2) is 42.5 Å². The van der Waals surface area contributed by atoms with Crippen LogP contribution in [0.25, 0.3) is 16.9 Å². The number of piperidine rings is 1. The van der Waals surface area contributed by atoms with Crippen LogP contribution in [0.3, 0.4) is 0 Å². The van der Waals surface area contributed by atoms with Crippen molar-refractivity contribution >= 4 is 5.91 Å². The van der Waals surface area contributed by atoms with Crippen molar-refractivity contribution < 1.29 is 14.3 Å². The highest BCUT2D eigenvalue weighted by atomic mass is 16.5. The lowest BCUT2D eigenvalue weighted by Crippen LogP contribution is -2.38. The summed E-state index contributed by atoms with van der Waals surface area (Å²) in [4.78, 5) is 15.8. The molecule has 7 nitrogen and oxygen atoms in total. The summed E-state index contributed by atoms with van der Waals surface area (Å²) < 4.78 is 12.7. The summed E-state index contributed by atoms with van der Waals surface area (Å²) in [5, 5.41) is 7.97. The van der Waals surface area contributed by atoms with Gasteiger partial charge in [-0.15, -0.1) is 0 Å². The zero-order chi connectivity index (χ0) is 24.1. The number of carbonyl (C=O) groups excluding carboxylic acids is 1. The van der Waals surface area contributed by atoms with Gasteiger partial charge in [-0.3, -0.25) is 4.79 Å². The van der Waals surface area contributed by atoms with E-state index in [4.69, 9.17) is 14.6 Å². The SMILES string of the molecule is COc1ccc(-c2cc(C(=O)NCCN3CCCCC3)n(-c3cc(C)ccc3C)n2)c(OC)c1. The first kappa shape index (κ1) is 23.8. The van der Waals surface area contributed by atoms with Gasteiger partial charge < -0.3 is 19.7 Å². The molecule has 1 aliphatic heterocycles. The number of nitrogens with one attached hydrogen (secondary N) is 1. The second-order valence-corrected chi connectivity index (χ2v) is 8.84. The van der Waals surface area contributed by atoms with Gasteiger partial charge >= 0.3 is 0 Å². The van der Waals surface area contributed by atoms with E-state index >= 15 is 0 Å². The van der Waals surface area contributed by atoms with Crippen molar-refractivity contribution in [3.8, 4) is 28.4 Å². The molecule has 1 N–H and O–H groups in total. The number of methoxy groups -OCH3 is 2. The Bertz CT molecular complexity index is 1150. The molecule has 0 spiro atoms. The number of hydrogen-bond donors (Lipinski definition) is 1. The van der Waals surface area contributed by atoms with Crippen LogP contribution in [0.1, 0.15) is 40.9 Å². The van der Waals surface area contributed by atoms with E-state index in [-0.39, 0.29) is 5.91 Å². The predicted molar refractivity (Wildman–Crippen MR) is 134 cm³/mol. The monoisotopic (exact) mass is 462 g/mol. The second-order valence-electron chi connectivity index (χ2n) is 8.84. The van der Waals surface area contributed by atoms with Crippen LogP contribution in [0.5, 0.6) is 11.5 Å². The van der Waals surface area contributed by atoms with Gasteiger partial charge in [0.1, 0.15) is 17.2 Å². The van der Waals surface area contributed by atoms with Gasteiger partial charge in [-0.1, -0.05) is 18.6 Å². The molecule has 4 rings (SSSR count). The number of nitrogens with zero attached hydrogens (tertiary/aromatic N) is 3. The van der Waals surface area contributed by atoms with Crippen LogP contribution in [0.4, 0.5) is 0 Å². The fraction of sp³-hybridized carbons (Fsp3) is 0.407. The van der Waals surface area contributed by atoms with Crippen LogP contribution in [-0.2, 0) is 0 Å². The van der Waals surface area contributed by atoms with E-state index in [1.54, 1.807) is 18.9 Å². The standard InChI is InChI=1S/C27H34N4O3/c1-19-8-9-20(2)24(16-19)31-25(27(32)28-12-15-30-13-6-5-7-14-30)18-23(29-31)22-11-10-21(33-3)17-26(22)34-4/h8-11,16-18H,5-7,12-15H2,1-4H3,(H,28,32). The molecule has 0 radical (unpaired) electrons. The summed E-state index contributed by atoms with van der Waals surface area (Å²) >= 11 is 0. The largest absolute Gasteiger partial charge is 0.497 e. The Morgan fingerprint density at radius 3 is 2.53 bits per heavy atom. The smallest absolute Gasteiger partial charge is 0.270 e. The summed E-state index contributed by atoms with van der Waals surface area (Å²) in [6.07, 6.45) is 3.77. The van der Waals surface area contributed by atoms with Gasteiger partial charge in [-0.05, 0) is 75.2 Å². The van der Waals surface area contributed by atoms with Crippen molar-refractivity contribution in [2.45, 2.75) is 33.1 Å². The van der Waals surface area contributed by atoms with Crippen molar-refractivity contribution in [1.29, 1.82) is 0 Å². The van der Waals surface area contributed by atoms with Crippen LogP contribution >= 0.6 is 0 Å². The lowest BCUT2D eigenvalue weighted by molar-refractivity contribution is 0.0938. The molecule has 1 fully saturated rings. The molecule has 3 aromatic rings. The molecule has 0 saturated carbocycles. The molecule has 34 heavy (non-hydrogen) atoms. The molecule has 0 unspecified atom stereocenters.